The lowest BCUT2D eigenvalue weighted by molar-refractivity contribution is -0.139. The van der Waals surface area contributed by atoms with Crippen LogP contribution < -0.4 is 5.43 Å². The van der Waals surface area contributed by atoms with Crippen molar-refractivity contribution in [2.75, 3.05) is 5.43 Å². The molecule has 136 valence electrons. The van der Waals surface area contributed by atoms with E-state index in [1.807, 2.05) is 0 Å². The number of rotatable bonds is 3. The van der Waals surface area contributed by atoms with Crippen molar-refractivity contribution < 1.29 is 22.8 Å². The van der Waals surface area contributed by atoms with Gasteiger partial charge in [0.15, 0.2) is 0 Å². The fourth-order valence-corrected chi connectivity index (χ4v) is 2.73. The first-order valence-corrected chi connectivity index (χ1v) is 7.98. The summed E-state index contributed by atoms with van der Waals surface area (Å²) >= 11 is 0. The number of halogens is 3. The molecule has 2 atom stereocenters. The zero-order valence-electron chi connectivity index (χ0n) is 14.0. The maximum absolute atomic E-state index is 13.3. The fourth-order valence-electron chi connectivity index (χ4n) is 2.73. The Morgan fingerprint density at radius 1 is 0.962 bits per heavy atom. The lowest BCUT2D eigenvalue weighted by Crippen LogP contribution is -2.36. The zero-order valence-corrected chi connectivity index (χ0v) is 14.0. The Hall–Kier alpha value is -2.90. The van der Waals surface area contributed by atoms with Crippen molar-refractivity contribution in [3.8, 4) is 11.3 Å². The van der Waals surface area contributed by atoms with Crippen molar-refractivity contribution in [1.29, 1.82) is 0 Å². The van der Waals surface area contributed by atoms with Gasteiger partial charge in [-0.2, -0.15) is 18.2 Å². The van der Waals surface area contributed by atoms with Crippen LogP contribution in [0.25, 0.3) is 11.3 Å². The molecule has 3 rings (SSSR count). The van der Waals surface area contributed by atoms with Gasteiger partial charge in [0, 0.05) is 17.4 Å². The third kappa shape index (κ3) is 3.14. The Bertz CT molecular complexity index is 833. The van der Waals surface area contributed by atoms with E-state index in [2.05, 4.69) is 10.4 Å². The molecule has 1 aromatic heterocycles. The number of carbonyl (C=O) groups excluding carboxylic acids is 2. The molecule has 1 aliphatic rings. The Morgan fingerprint density at radius 3 is 2.08 bits per heavy atom. The van der Waals surface area contributed by atoms with E-state index in [0.29, 0.717) is 0 Å². The van der Waals surface area contributed by atoms with Crippen molar-refractivity contribution in [1.82, 2.24) is 9.99 Å². The highest BCUT2D eigenvalue weighted by atomic mass is 19.4. The minimum atomic E-state index is -4.58. The van der Waals surface area contributed by atoms with Gasteiger partial charge < -0.3 is 0 Å². The van der Waals surface area contributed by atoms with Gasteiger partial charge in [-0.3, -0.25) is 15.0 Å². The Kier molecular flexibility index (Phi) is 4.43. The highest BCUT2D eigenvalue weighted by molar-refractivity contribution is 6.05. The van der Waals surface area contributed by atoms with Gasteiger partial charge in [0.1, 0.15) is 5.82 Å². The molecular formula is C18H16F3N3O2. The van der Waals surface area contributed by atoms with Gasteiger partial charge in [0.05, 0.1) is 11.3 Å². The normalized spacial score (nSPS) is 20.6. The number of imide groups is 1. The number of amides is 2. The Balaban J connectivity index is 2.00. The van der Waals surface area contributed by atoms with Crippen LogP contribution >= 0.6 is 0 Å². The topological polar surface area (TPSA) is 62.3 Å². The summed E-state index contributed by atoms with van der Waals surface area (Å²) in [5, 5.41) is 0.819. The number of nitrogens with zero attached hydrogens (tertiary/aromatic N) is 2. The molecule has 1 N–H and O–H groups in total. The summed E-state index contributed by atoms with van der Waals surface area (Å²) in [7, 11) is 0. The van der Waals surface area contributed by atoms with E-state index in [0.717, 1.165) is 17.1 Å². The number of nitrogens with one attached hydrogen (secondary N) is 1. The first kappa shape index (κ1) is 17.9. The summed E-state index contributed by atoms with van der Waals surface area (Å²) in [6, 6.07) is 9.90. The minimum absolute atomic E-state index is 0.0140. The van der Waals surface area contributed by atoms with E-state index >= 15 is 0 Å². The molecule has 0 aliphatic carbocycles. The van der Waals surface area contributed by atoms with Crippen LogP contribution in [0, 0.1) is 11.8 Å². The lowest BCUT2D eigenvalue weighted by Gasteiger charge is -2.19. The predicted molar refractivity (Wildman–Crippen MR) is 88.5 cm³/mol. The van der Waals surface area contributed by atoms with Crippen LogP contribution in [0.1, 0.15) is 19.4 Å². The second-order valence-electron chi connectivity index (χ2n) is 6.16. The highest BCUT2D eigenvalue weighted by Crippen LogP contribution is 2.37. The summed E-state index contributed by atoms with van der Waals surface area (Å²) in [6.07, 6.45) is -4.58. The van der Waals surface area contributed by atoms with Crippen molar-refractivity contribution in [3.05, 3.63) is 48.0 Å². The second-order valence-corrected chi connectivity index (χ2v) is 6.16. The molecule has 26 heavy (non-hydrogen) atoms. The predicted octanol–water partition coefficient (Wildman–Crippen LogP) is 3.74. The second kappa shape index (κ2) is 6.44. The van der Waals surface area contributed by atoms with Crippen molar-refractivity contribution in [2.45, 2.75) is 20.0 Å². The van der Waals surface area contributed by atoms with Gasteiger partial charge >= 0.3 is 6.18 Å². The first-order valence-electron chi connectivity index (χ1n) is 7.98. The summed E-state index contributed by atoms with van der Waals surface area (Å²) in [4.78, 5) is 28.3. The van der Waals surface area contributed by atoms with E-state index in [1.165, 1.54) is 12.1 Å². The highest BCUT2D eigenvalue weighted by Gasteiger charge is 2.43. The maximum Gasteiger partial charge on any atom is 0.418 e. The van der Waals surface area contributed by atoms with Crippen LogP contribution in [0.2, 0.25) is 0 Å². The van der Waals surface area contributed by atoms with Crippen molar-refractivity contribution in [3.63, 3.8) is 0 Å². The molecule has 2 unspecified atom stereocenters. The van der Waals surface area contributed by atoms with E-state index in [9.17, 15) is 22.8 Å². The van der Waals surface area contributed by atoms with Crippen LogP contribution in [0.3, 0.4) is 0 Å². The number of benzene rings is 1. The number of pyridine rings is 1. The first-order chi connectivity index (χ1) is 12.2. The molecule has 2 aromatic rings. The number of anilines is 1. The summed E-state index contributed by atoms with van der Waals surface area (Å²) < 4.78 is 40.0. The fraction of sp³-hybridized carbons (Fsp3) is 0.278. The minimum Gasteiger partial charge on any atom is -0.272 e. The standard InChI is InChI=1S/C18H16F3N3O2/c1-10-11(2)17(26)24(16(10)25)23-14-9-8-13(18(19,20)21)15(22-14)12-6-4-3-5-7-12/h3-11H,1-2H3,(H,22,23). The van der Waals surface area contributed by atoms with E-state index in [4.69, 9.17) is 0 Å². The van der Waals surface area contributed by atoms with E-state index < -0.39 is 35.4 Å². The smallest absolute Gasteiger partial charge is 0.272 e. The molecule has 0 bridgehead atoms. The van der Waals surface area contributed by atoms with Gasteiger partial charge in [-0.25, -0.2) is 4.98 Å². The zero-order chi connectivity index (χ0) is 19.1. The molecular weight excluding hydrogens is 347 g/mol. The van der Waals surface area contributed by atoms with Gasteiger partial charge in [-0.1, -0.05) is 44.2 Å². The quantitative estimate of drug-likeness (QED) is 0.844. The number of hydrogen-bond donors (Lipinski definition) is 1. The monoisotopic (exact) mass is 363 g/mol. The van der Waals surface area contributed by atoms with E-state index in [-0.39, 0.29) is 17.1 Å². The van der Waals surface area contributed by atoms with Crippen LogP contribution in [-0.4, -0.2) is 21.8 Å². The van der Waals surface area contributed by atoms with Crippen molar-refractivity contribution >= 4 is 17.6 Å². The average Bonchev–Trinajstić information content (AvgIpc) is 2.79. The molecule has 0 radical (unpaired) electrons. The molecule has 5 nitrogen and oxygen atoms in total. The SMILES string of the molecule is CC1C(=O)N(Nc2ccc(C(F)(F)F)c(-c3ccccc3)n2)C(=O)C1C. The summed E-state index contributed by atoms with van der Waals surface area (Å²) in [5.41, 5.74) is 1.66. The Morgan fingerprint density at radius 2 is 1.54 bits per heavy atom. The van der Waals surface area contributed by atoms with Crippen LogP contribution in [-0.2, 0) is 15.8 Å². The molecule has 8 heteroatoms. The van der Waals surface area contributed by atoms with Crippen molar-refractivity contribution in [2.24, 2.45) is 11.8 Å². The van der Waals surface area contributed by atoms with Gasteiger partial charge in [0.25, 0.3) is 11.8 Å². The number of hydrogen-bond acceptors (Lipinski definition) is 4. The van der Waals surface area contributed by atoms with Crippen LogP contribution in [0.4, 0.5) is 19.0 Å². The average molecular weight is 363 g/mol. The number of hydrazine groups is 1. The molecule has 1 aliphatic heterocycles. The lowest BCUT2D eigenvalue weighted by atomic mass is 10.00. The number of aromatic nitrogens is 1. The van der Waals surface area contributed by atoms with Crippen LogP contribution in [0.5, 0.6) is 0 Å². The maximum atomic E-state index is 13.3. The molecule has 2 amide bonds. The third-order valence-electron chi connectivity index (χ3n) is 4.44. The molecule has 0 saturated carbocycles. The number of carbonyl (C=O) groups is 2. The molecule has 1 saturated heterocycles. The molecule has 1 fully saturated rings. The van der Waals surface area contributed by atoms with Gasteiger partial charge in [-0.15, -0.1) is 0 Å². The van der Waals surface area contributed by atoms with Gasteiger partial charge in [-0.05, 0) is 12.1 Å². The molecule has 2 heterocycles. The summed E-state index contributed by atoms with van der Waals surface area (Å²) in [6.45, 7) is 3.25. The Labute approximate surface area is 147 Å². The molecule has 0 spiro atoms. The van der Waals surface area contributed by atoms with E-state index in [1.54, 1.807) is 32.0 Å². The largest absolute Gasteiger partial charge is 0.418 e. The van der Waals surface area contributed by atoms with Crippen LogP contribution in [0.15, 0.2) is 42.5 Å². The van der Waals surface area contributed by atoms with Gasteiger partial charge in [0.2, 0.25) is 0 Å². The molecule has 1 aromatic carbocycles. The third-order valence-corrected chi connectivity index (χ3v) is 4.44. The number of alkyl halides is 3. The summed E-state index contributed by atoms with van der Waals surface area (Å²) in [5.74, 6) is -1.90.